The van der Waals surface area contributed by atoms with Crippen molar-refractivity contribution < 1.29 is 4.79 Å². The van der Waals surface area contributed by atoms with Gasteiger partial charge in [-0.1, -0.05) is 37.0 Å². The van der Waals surface area contributed by atoms with Crippen molar-refractivity contribution in [1.29, 1.82) is 0 Å². The Bertz CT molecular complexity index is 470. The van der Waals surface area contributed by atoms with Gasteiger partial charge in [0.05, 0.1) is 0 Å². The van der Waals surface area contributed by atoms with Crippen molar-refractivity contribution in [2.75, 3.05) is 6.54 Å². The molecule has 1 fully saturated rings. The van der Waals surface area contributed by atoms with E-state index in [9.17, 15) is 4.79 Å². The van der Waals surface area contributed by atoms with E-state index in [1.165, 1.54) is 32.1 Å². The van der Waals surface area contributed by atoms with Crippen LogP contribution in [0.1, 0.15) is 53.6 Å². The quantitative estimate of drug-likeness (QED) is 0.896. The van der Waals surface area contributed by atoms with E-state index in [4.69, 9.17) is 5.73 Å². The summed E-state index contributed by atoms with van der Waals surface area (Å²) < 4.78 is 0. The zero-order chi connectivity index (χ0) is 14.5. The van der Waals surface area contributed by atoms with Crippen molar-refractivity contribution in [2.24, 2.45) is 11.7 Å². The average molecular weight is 311 g/mol. The Kier molecular flexibility index (Phi) is 7.20. The SMILES string of the molecule is Cc1ccc(C)c(C(=O)NC(CN)C2CCCCC2)c1.Cl. The van der Waals surface area contributed by atoms with E-state index >= 15 is 0 Å². The predicted molar refractivity (Wildman–Crippen MR) is 90.0 cm³/mol. The van der Waals surface area contributed by atoms with Gasteiger partial charge in [0.15, 0.2) is 0 Å². The number of rotatable bonds is 4. The van der Waals surface area contributed by atoms with Gasteiger partial charge < -0.3 is 11.1 Å². The third kappa shape index (κ3) is 4.72. The monoisotopic (exact) mass is 310 g/mol. The molecule has 3 N–H and O–H groups in total. The average Bonchev–Trinajstić information content (AvgIpc) is 2.48. The molecule has 0 spiro atoms. The van der Waals surface area contributed by atoms with Gasteiger partial charge in [-0.25, -0.2) is 0 Å². The summed E-state index contributed by atoms with van der Waals surface area (Å²) in [6.45, 7) is 4.52. The first kappa shape index (κ1) is 18.0. The second kappa shape index (κ2) is 8.40. The highest BCUT2D eigenvalue weighted by atomic mass is 35.5. The molecule has 1 saturated carbocycles. The number of hydrogen-bond acceptors (Lipinski definition) is 2. The number of halogens is 1. The normalized spacial score (nSPS) is 16.9. The topological polar surface area (TPSA) is 55.1 Å². The molecule has 1 atom stereocenters. The van der Waals surface area contributed by atoms with Gasteiger partial charge in [-0.3, -0.25) is 4.79 Å². The molecule has 1 aliphatic rings. The van der Waals surface area contributed by atoms with Crippen molar-refractivity contribution >= 4 is 18.3 Å². The smallest absolute Gasteiger partial charge is 0.251 e. The van der Waals surface area contributed by atoms with Gasteiger partial charge in [-0.05, 0) is 44.2 Å². The molecular weight excluding hydrogens is 284 g/mol. The van der Waals surface area contributed by atoms with E-state index in [-0.39, 0.29) is 24.4 Å². The van der Waals surface area contributed by atoms with E-state index in [1.54, 1.807) is 0 Å². The maximum Gasteiger partial charge on any atom is 0.251 e. The van der Waals surface area contributed by atoms with Crippen LogP contribution in [0.15, 0.2) is 18.2 Å². The number of nitrogens with two attached hydrogens (primary N) is 1. The molecule has 1 aromatic carbocycles. The van der Waals surface area contributed by atoms with E-state index in [2.05, 4.69) is 5.32 Å². The van der Waals surface area contributed by atoms with Crippen molar-refractivity contribution in [3.05, 3.63) is 34.9 Å². The number of nitrogens with one attached hydrogen (secondary N) is 1. The molecule has 0 bridgehead atoms. The molecule has 0 aliphatic heterocycles. The van der Waals surface area contributed by atoms with E-state index < -0.39 is 0 Å². The summed E-state index contributed by atoms with van der Waals surface area (Å²) in [4.78, 5) is 12.5. The molecule has 118 valence electrons. The molecule has 21 heavy (non-hydrogen) atoms. The van der Waals surface area contributed by atoms with Crippen molar-refractivity contribution in [1.82, 2.24) is 5.32 Å². The van der Waals surface area contributed by atoms with Gasteiger partial charge in [0, 0.05) is 18.2 Å². The lowest BCUT2D eigenvalue weighted by Gasteiger charge is -2.30. The van der Waals surface area contributed by atoms with Crippen LogP contribution in [0.3, 0.4) is 0 Å². The fraction of sp³-hybridized carbons (Fsp3) is 0.588. The molecule has 1 aliphatic carbocycles. The molecule has 4 heteroatoms. The van der Waals surface area contributed by atoms with Crippen LogP contribution in [-0.2, 0) is 0 Å². The predicted octanol–water partition coefficient (Wildman–Crippen LogP) is 3.36. The minimum atomic E-state index is 0. The Morgan fingerprint density at radius 3 is 2.57 bits per heavy atom. The molecule has 0 heterocycles. The number of aryl methyl sites for hydroxylation is 2. The highest BCUT2D eigenvalue weighted by molar-refractivity contribution is 5.96. The minimum Gasteiger partial charge on any atom is -0.348 e. The Balaban J connectivity index is 0.00000220. The first-order valence-corrected chi connectivity index (χ1v) is 7.70. The second-order valence-corrected chi connectivity index (χ2v) is 6.03. The Morgan fingerprint density at radius 1 is 1.29 bits per heavy atom. The number of carbonyl (C=O) groups is 1. The number of hydrogen-bond donors (Lipinski definition) is 2. The molecule has 0 saturated heterocycles. The van der Waals surface area contributed by atoms with Gasteiger partial charge in [0.1, 0.15) is 0 Å². The van der Waals surface area contributed by atoms with Gasteiger partial charge in [-0.2, -0.15) is 0 Å². The van der Waals surface area contributed by atoms with Crippen LogP contribution in [0.2, 0.25) is 0 Å². The molecular formula is C17H27ClN2O. The maximum absolute atomic E-state index is 12.5. The van der Waals surface area contributed by atoms with Crippen molar-refractivity contribution in [2.45, 2.75) is 52.0 Å². The van der Waals surface area contributed by atoms with Crippen LogP contribution in [0.25, 0.3) is 0 Å². The summed E-state index contributed by atoms with van der Waals surface area (Å²) in [5.74, 6) is 0.565. The van der Waals surface area contributed by atoms with Gasteiger partial charge in [0.25, 0.3) is 5.91 Å². The lowest BCUT2D eigenvalue weighted by molar-refractivity contribution is 0.0915. The lowest BCUT2D eigenvalue weighted by atomic mass is 9.83. The van der Waals surface area contributed by atoms with Crippen LogP contribution < -0.4 is 11.1 Å². The fourth-order valence-electron chi connectivity index (χ4n) is 3.13. The summed E-state index contributed by atoms with van der Waals surface area (Å²) in [5.41, 5.74) is 8.79. The zero-order valence-corrected chi connectivity index (χ0v) is 13.8. The van der Waals surface area contributed by atoms with Crippen LogP contribution in [0.4, 0.5) is 0 Å². The highest BCUT2D eigenvalue weighted by Crippen LogP contribution is 2.26. The second-order valence-electron chi connectivity index (χ2n) is 6.03. The molecule has 0 aromatic heterocycles. The Hall–Kier alpha value is -1.06. The fourth-order valence-corrected chi connectivity index (χ4v) is 3.13. The first-order chi connectivity index (χ1) is 9.61. The molecule has 1 amide bonds. The number of amides is 1. The van der Waals surface area contributed by atoms with Crippen LogP contribution in [-0.4, -0.2) is 18.5 Å². The third-order valence-electron chi connectivity index (χ3n) is 4.43. The maximum atomic E-state index is 12.5. The van der Waals surface area contributed by atoms with Crippen LogP contribution in [0.5, 0.6) is 0 Å². The lowest BCUT2D eigenvalue weighted by Crippen LogP contribution is -2.46. The van der Waals surface area contributed by atoms with Gasteiger partial charge in [0.2, 0.25) is 0 Å². The summed E-state index contributed by atoms with van der Waals surface area (Å²) in [6, 6.07) is 6.11. The van der Waals surface area contributed by atoms with Crippen LogP contribution >= 0.6 is 12.4 Å². The van der Waals surface area contributed by atoms with Gasteiger partial charge >= 0.3 is 0 Å². The zero-order valence-electron chi connectivity index (χ0n) is 13.0. The molecule has 1 aromatic rings. The number of carbonyl (C=O) groups excluding carboxylic acids is 1. The van der Waals surface area contributed by atoms with Crippen LogP contribution in [0, 0.1) is 19.8 Å². The van der Waals surface area contributed by atoms with E-state index in [0.29, 0.717) is 12.5 Å². The summed E-state index contributed by atoms with van der Waals surface area (Å²) >= 11 is 0. The molecule has 3 nitrogen and oxygen atoms in total. The summed E-state index contributed by atoms with van der Waals surface area (Å²) in [6.07, 6.45) is 6.23. The third-order valence-corrected chi connectivity index (χ3v) is 4.43. The van der Waals surface area contributed by atoms with Crippen molar-refractivity contribution in [3.8, 4) is 0 Å². The molecule has 1 unspecified atom stereocenters. The summed E-state index contributed by atoms with van der Waals surface area (Å²) in [7, 11) is 0. The minimum absolute atomic E-state index is 0. The highest BCUT2D eigenvalue weighted by Gasteiger charge is 2.24. The van der Waals surface area contributed by atoms with Crippen molar-refractivity contribution in [3.63, 3.8) is 0 Å². The molecule has 2 rings (SSSR count). The van der Waals surface area contributed by atoms with E-state index in [1.807, 2.05) is 32.0 Å². The standard InChI is InChI=1S/C17H26N2O.ClH/c1-12-8-9-13(2)15(10-12)17(20)19-16(11-18)14-6-4-3-5-7-14;/h8-10,14,16H,3-7,11,18H2,1-2H3,(H,19,20);1H. The molecule has 0 radical (unpaired) electrons. The largest absolute Gasteiger partial charge is 0.348 e. The number of benzene rings is 1. The Morgan fingerprint density at radius 2 is 1.95 bits per heavy atom. The van der Waals surface area contributed by atoms with E-state index in [0.717, 1.165) is 16.7 Å². The van der Waals surface area contributed by atoms with Gasteiger partial charge in [-0.15, -0.1) is 12.4 Å². The Labute approximate surface area is 134 Å². The summed E-state index contributed by atoms with van der Waals surface area (Å²) in [5, 5.41) is 3.16. The first-order valence-electron chi connectivity index (χ1n) is 7.70.